The summed E-state index contributed by atoms with van der Waals surface area (Å²) in [5.41, 5.74) is 3.41. The number of tetrazole rings is 1. The maximum atomic E-state index is 13.4. The number of esters is 1. The van der Waals surface area contributed by atoms with Crippen LogP contribution in [0.1, 0.15) is 16.7 Å². The highest BCUT2D eigenvalue weighted by molar-refractivity contribution is 7.99. The maximum absolute atomic E-state index is 13.4. The number of aromatic nitrogens is 4. The summed E-state index contributed by atoms with van der Waals surface area (Å²) in [6.07, 6.45) is 0. The summed E-state index contributed by atoms with van der Waals surface area (Å²) < 4.78 is 25.3. The molecule has 0 atom stereocenters. The number of hydrogen-bond donors (Lipinski definition) is 0. The average molecular weight is 402 g/mol. The Hall–Kier alpha value is -2.94. The van der Waals surface area contributed by atoms with Crippen LogP contribution in [0.2, 0.25) is 0 Å². The van der Waals surface area contributed by atoms with Crippen molar-refractivity contribution in [2.24, 2.45) is 0 Å². The molecule has 146 valence electrons. The van der Waals surface area contributed by atoms with Crippen molar-refractivity contribution in [3.8, 4) is 11.4 Å². The van der Waals surface area contributed by atoms with Crippen molar-refractivity contribution in [3.63, 3.8) is 0 Å². The number of methoxy groups -OCH3 is 1. The zero-order chi connectivity index (χ0) is 20.1. The van der Waals surface area contributed by atoms with Crippen molar-refractivity contribution in [3.05, 3.63) is 58.9 Å². The number of benzene rings is 2. The van der Waals surface area contributed by atoms with Crippen LogP contribution < -0.4 is 4.74 Å². The van der Waals surface area contributed by atoms with Crippen molar-refractivity contribution in [1.82, 2.24) is 20.2 Å². The third kappa shape index (κ3) is 4.66. The standard InChI is InChI=1S/C19H19FN4O3S/c1-12-4-5-13(2)16(8-12)24-19(21-22-23-24)28-11-18(25)27-10-14-9-15(20)6-7-17(14)26-3/h4-9H,10-11H2,1-3H3. The number of hydrogen-bond acceptors (Lipinski definition) is 7. The van der Waals surface area contributed by atoms with E-state index in [9.17, 15) is 9.18 Å². The summed E-state index contributed by atoms with van der Waals surface area (Å²) in [5, 5.41) is 12.2. The molecule has 0 bridgehead atoms. The zero-order valence-electron chi connectivity index (χ0n) is 15.7. The number of thioether (sulfide) groups is 1. The largest absolute Gasteiger partial charge is 0.496 e. The maximum Gasteiger partial charge on any atom is 0.316 e. The first-order chi connectivity index (χ1) is 13.5. The van der Waals surface area contributed by atoms with Crippen LogP contribution in [0.4, 0.5) is 4.39 Å². The molecule has 3 aromatic rings. The van der Waals surface area contributed by atoms with E-state index < -0.39 is 11.8 Å². The van der Waals surface area contributed by atoms with Gasteiger partial charge in [-0.05, 0) is 59.7 Å². The third-order valence-electron chi connectivity index (χ3n) is 3.98. The van der Waals surface area contributed by atoms with Crippen LogP contribution in [0.3, 0.4) is 0 Å². The fourth-order valence-corrected chi connectivity index (χ4v) is 3.23. The number of rotatable bonds is 7. The molecule has 7 nitrogen and oxygen atoms in total. The fraction of sp³-hybridized carbons (Fsp3) is 0.263. The second kappa shape index (κ2) is 8.83. The van der Waals surface area contributed by atoms with Crippen molar-refractivity contribution >= 4 is 17.7 Å². The number of nitrogens with zero attached hydrogens (tertiary/aromatic N) is 4. The topological polar surface area (TPSA) is 79.1 Å². The highest BCUT2D eigenvalue weighted by Crippen LogP contribution is 2.23. The van der Waals surface area contributed by atoms with Gasteiger partial charge in [0.15, 0.2) is 0 Å². The van der Waals surface area contributed by atoms with E-state index in [1.807, 2.05) is 32.0 Å². The van der Waals surface area contributed by atoms with Crippen molar-refractivity contribution in [1.29, 1.82) is 0 Å². The lowest BCUT2D eigenvalue weighted by Gasteiger charge is -2.10. The zero-order valence-corrected chi connectivity index (χ0v) is 16.5. The minimum atomic E-state index is -0.466. The normalized spacial score (nSPS) is 10.7. The lowest BCUT2D eigenvalue weighted by molar-refractivity contribution is -0.141. The Morgan fingerprint density at radius 2 is 2.04 bits per heavy atom. The van der Waals surface area contributed by atoms with E-state index in [2.05, 4.69) is 15.5 Å². The number of aryl methyl sites for hydroxylation is 2. The summed E-state index contributed by atoms with van der Waals surface area (Å²) in [6.45, 7) is 3.87. The molecule has 1 aromatic heterocycles. The summed E-state index contributed by atoms with van der Waals surface area (Å²) in [4.78, 5) is 12.1. The van der Waals surface area contributed by atoms with Crippen LogP contribution in [0.5, 0.6) is 5.75 Å². The quantitative estimate of drug-likeness (QED) is 0.443. The Morgan fingerprint density at radius 1 is 1.21 bits per heavy atom. The number of halogens is 1. The van der Waals surface area contributed by atoms with Crippen LogP contribution >= 0.6 is 11.8 Å². The SMILES string of the molecule is COc1ccc(F)cc1COC(=O)CSc1nnnn1-c1cc(C)ccc1C. The van der Waals surface area contributed by atoms with Gasteiger partial charge in [-0.15, -0.1) is 5.10 Å². The highest BCUT2D eigenvalue weighted by Gasteiger charge is 2.15. The Balaban J connectivity index is 1.63. The van der Waals surface area contributed by atoms with E-state index >= 15 is 0 Å². The molecular formula is C19H19FN4O3S. The average Bonchev–Trinajstić information content (AvgIpc) is 3.15. The first kappa shape index (κ1) is 19.8. The molecule has 0 aliphatic heterocycles. The highest BCUT2D eigenvalue weighted by atomic mass is 32.2. The summed E-state index contributed by atoms with van der Waals surface area (Å²) in [6, 6.07) is 10.0. The Kier molecular flexibility index (Phi) is 6.25. The molecule has 9 heteroatoms. The second-order valence-corrected chi connectivity index (χ2v) is 7.01. The summed E-state index contributed by atoms with van der Waals surface area (Å²) >= 11 is 1.17. The van der Waals surface area contributed by atoms with E-state index in [-0.39, 0.29) is 12.4 Å². The van der Waals surface area contributed by atoms with Gasteiger partial charge in [0.1, 0.15) is 18.2 Å². The van der Waals surface area contributed by atoms with Crippen LogP contribution in [-0.2, 0) is 16.1 Å². The van der Waals surface area contributed by atoms with Gasteiger partial charge in [-0.1, -0.05) is 23.9 Å². The smallest absolute Gasteiger partial charge is 0.316 e. The minimum Gasteiger partial charge on any atom is -0.496 e. The molecule has 28 heavy (non-hydrogen) atoms. The van der Waals surface area contributed by atoms with Gasteiger partial charge in [0.05, 0.1) is 18.6 Å². The number of carbonyl (C=O) groups excluding carboxylic acids is 1. The lowest BCUT2D eigenvalue weighted by atomic mass is 10.1. The monoisotopic (exact) mass is 402 g/mol. The van der Waals surface area contributed by atoms with Gasteiger partial charge in [-0.25, -0.2) is 4.39 Å². The van der Waals surface area contributed by atoms with Crippen LogP contribution in [0.25, 0.3) is 5.69 Å². The van der Waals surface area contributed by atoms with E-state index in [4.69, 9.17) is 9.47 Å². The second-order valence-electron chi connectivity index (χ2n) is 6.07. The van der Waals surface area contributed by atoms with Crippen LogP contribution in [-0.4, -0.2) is 39.0 Å². The van der Waals surface area contributed by atoms with Crippen LogP contribution in [0, 0.1) is 19.7 Å². The molecule has 0 spiro atoms. The van der Waals surface area contributed by atoms with Crippen molar-refractivity contribution in [2.75, 3.05) is 12.9 Å². The van der Waals surface area contributed by atoms with Crippen molar-refractivity contribution < 1.29 is 18.7 Å². The van der Waals surface area contributed by atoms with Gasteiger partial charge in [0.25, 0.3) is 0 Å². The van der Waals surface area contributed by atoms with Gasteiger partial charge in [0, 0.05) is 5.56 Å². The molecule has 0 N–H and O–H groups in total. The van der Waals surface area contributed by atoms with Gasteiger partial charge in [-0.2, -0.15) is 4.68 Å². The minimum absolute atomic E-state index is 0.0167. The number of carbonyl (C=O) groups is 1. The van der Waals surface area contributed by atoms with E-state index in [0.717, 1.165) is 16.8 Å². The first-order valence-electron chi connectivity index (χ1n) is 8.45. The molecular weight excluding hydrogens is 383 g/mol. The molecule has 1 heterocycles. The predicted molar refractivity (Wildman–Crippen MR) is 102 cm³/mol. The predicted octanol–water partition coefficient (Wildman–Crippen LogP) is 3.26. The molecule has 0 fully saturated rings. The number of ether oxygens (including phenoxy) is 2. The summed E-state index contributed by atoms with van der Waals surface area (Å²) in [5.74, 6) is -0.412. The third-order valence-corrected chi connectivity index (χ3v) is 4.88. The molecule has 2 aromatic carbocycles. The van der Waals surface area contributed by atoms with Gasteiger partial charge in [-0.3, -0.25) is 4.79 Å². The van der Waals surface area contributed by atoms with Gasteiger partial charge >= 0.3 is 5.97 Å². The van der Waals surface area contributed by atoms with Gasteiger partial charge in [0.2, 0.25) is 5.16 Å². The van der Waals surface area contributed by atoms with E-state index in [1.165, 1.54) is 37.1 Å². The van der Waals surface area contributed by atoms with Crippen molar-refractivity contribution in [2.45, 2.75) is 25.6 Å². The van der Waals surface area contributed by atoms with Gasteiger partial charge < -0.3 is 9.47 Å². The molecule has 0 aliphatic carbocycles. The molecule has 0 saturated heterocycles. The lowest BCUT2D eigenvalue weighted by Crippen LogP contribution is -2.09. The molecule has 0 aliphatic rings. The molecule has 3 rings (SSSR count). The molecule has 0 saturated carbocycles. The Labute approximate surface area is 165 Å². The fourth-order valence-electron chi connectivity index (χ4n) is 2.55. The van der Waals surface area contributed by atoms with E-state index in [0.29, 0.717) is 16.5 Å². The molecule has 0 unspecified atom stereocenters. The first-order valence-corrected chi connectivity index (χ1v) is 9.43. The van der Waals surface area contributed by atoms with Crippen LogP contribution in [0.15, 0.2) is 41.6 Å². The molecule has 0 radical (unpaired) electrons. The molecule has 0 amide bonds. The Bertz CT molecular complexity index is 993. The van der Waals surface area contributed by atoms with E-state index in [1.54, 1.807) is 4.68 Å². The Morgan fingerprint density at radius 3 is 2.82 bits per heavy atom. The summed E-state index contributed by atoms with van der Waals surface area (Å²) in [7, 11) is 1.47.